The van der Waals surface area contributed by atoms with Gasteiger partial charge in [0.05, 0.1) is 7.14 Å². The molecule has 0 aromatic heterocycles. The van der Waals surface area contributed by atoms with Gasteiger partial charge in [-0.05, 0) is 18.3 Å². The third-order valence-electron chi connectivity index (χ3n) is 5.19. The predicted molar refractivity (Wildman–Crippen MR) is 104 cm³/mol. The van der Waals surface area contributed by atoms with E-state index in [-0.39, 0.29) is 0 Å². The van der Waals surface area contributed by atoms with E-state index in [0.29, 0.717) is 11.8 Å². The molecule has 134 valence electrons. The molecule has 0 aliphatic rings. The molecule has 0 aromatic carbocycles. The van der Waals surface area contributed by atoms with Crippen molar-refractivity contribution in [1.29, 1.82) is 0 Å². The second-order valence-electron chi connectivity index (χ2n) is 7.33. The van der Waals surface area contributed by atoms with Crippen molar-refractivity contribution in [3.63, 3.8) is 0 Å². The minimum Gasteiger partial charge on any atom is -0.324 e. The maximum absolute atomic E-state index is 13.6. The summed E-state index contributed by atoms with van der Waals surface area (Å²) < 4.78 is 13.6. The van der Waals surface area contributed by atoms with Gasteiger partial charge in [-0.1, -0.05) is 92.4 Å². The van der Waals surface area contributed by atoms with Gasteiger partial charge >= 0.3 is 0 Å². The first-order chi connectivity index (χ1) is 10.5. The monoisotopic (exact) mass is 330 g/mol. The molecule has 0 amide bonds. The highest BCUT2D eigenvalue weighted by Crippen LogP contribution is 2.51. The molecule has 0 spiro atoms. The molecule has 0 rings (SSSR count). The zero-order valence-electron chi connectivity index (χ0n) is 16.2. The van der Waals surface area contributed by atoms with E-state index in [2.05, 4.69) is 34.6 Å². The fraction of sp³-hybridized carbons (Fsp3) is 1.00. The fourth-order valence-corrected chi connectivity index (χ4v) is 7.65. The minimum absolute atomic E-state index is 0.700. The summed E-state index contributed by atoms with van der Waals surface area (Å²) in [5.74, 6) is 1.40. The van der Waals surface area contributed by atoms with Crippen LogP contribution < -0.4 is 0 Å². The Morgan fingerprint density at radius 2 is 1.09 bits per heavy atom. The van der Waals surface area contributed by atoms with Crippen LogP contribution in [-0.4, -0.2) is 18.5 Å². The lowest BCUT2D eigenvalue weighted by Crippen LogP contribution is -2.15. The highest BCUT2D eigenvalue weighted by molar-refractivity contribution is 7.63. The molecule has 2 atom stereocenters. The molecule has 0 aliphatic carbocycles. The Bertz CT molecular complexity index is 265. The summed E-state index contributed by atoms with van der Waals surface area (Å²) in [5.41, 5.74) is 0. The Labute approximate surface area is 141 Å². The van der Waals surface area contributed by atoms with Crippen LogP contribution >= 0.6 is 7.14 Å². The molecule has 0 radical (unpaired) electrons. The van der Waals surface area contributed by atoms with Crippen LogP contribution in [0.1, 0.15) is 98.8 Å². The lowest BCUT2D eigenvalue weighted by atomic mass is 10.0. The topological polar surface area (TPSA) is 17.1 Å². The van der Waals surface area contributed by atoms with Crippen molar-refractivity contribution < 1.29 is 4.57 Å². The van der Waals surface area contributed by atoms with Crippen molar-refractivity contribution in [1.82, 2.24) is 0 Å². The summed E-state index contributed by atoms with van der Waals surface area (Å²) in [6.45, 7) is 11.3. The Kier molecular flexibility index (Phi) is 13.8. The zero-order chi connectivity index (χ0) is 16.8. The van der Waals surface area contributed by atoms with Crippen LogP contribution in [-0.2, 0) is 4.57 Å². The number of rotatable bonds is 15. The van der Waals surface area contributed by atoms with Crippen molar-refractivity contribution >= 4 is 7.14 Å². The highest BCUT2D eigenvalue weighted by atomic mass is 31.2. The molecule has 0 heterocycles. The molecule has 2 heteroatoms. The van der Waals surface area contributed by atoms with Crippen LogP contribution in [0.5, 0.6) is 0 Å². The van der Waals surface area contributed by atoms with Crippen LogP contribution in [0.3, 0.4) is 0 Å². The summed E-state index contributed by atoms with van der Waals surface area (Å²) in [4.78, 5) is 0. The van der Waals surface area contributed by atoms with Crippen molar-refractivity contribution in [3.05, 3.63) is 0 Å². The summed E-state index contributed by atoms with van der Waals surface area (Å²) in [6.07, 6.45) is 15.6. The van der Waals surface area contributed by atoms with Crippen LogP contribution in [0, 0.1) is 11.8 Å². The molecule has 0 fully saturated rings. The van der Waals surface area contributed by atoms with Crippen LogP contribution in [0.25, 0.3) is 0 Å². The van der Waals surface area contributed by atoms with Gasteiger partial charge in [-0.25, -0.2) is 0 Å². The molecular formula is C20H43OP. The maximum Gasteiger partial charge on any atom is 0.0883 e. The molecule has 0 aliphatic heterocycles. The molecule has 0 saturated carbocycles. The minimum atomic E-state index is -1.96. The van der Waals surface area contributed by atoms with E-state index >= 15 is 0 Å². The Morgan fingerprint density at radius 3 is 1.41 bits per heavy atom. The predicted octanol–water partition coefficient (Wildman–Crippen LogP) is 7.58. The van der Waals surface area contributed by atoms with Gasteiger partial charge in [-0.3, -0.25) is 0 Å². The number of unbranched alkanes of at least 4 members (excludes halogenated alkanes) is 3. The maximum atomic E-state index is 13.6. The molecule has 0 aromatic rings. The smallest absolute Gasteiger partial charge is 0.0883 e. The van der Waals surface area contributed by atoms with Gasteiger partial charge in [0, 0.05) is 18.5 Å². The molecule has 0 N–H and O–H groups in total. The van der Waals surface area contributed by atoms with E-state index in [4.69, 9.17) is 0 Å². The molecular weight excluding hydrogens is 287 g/mol. The van der Waals surface area contributed by atoms with E-state index in [1.54, 1.807) is 0 Å². The average molecular weight is 331 g/mol. The lowest BCUT2D eigenvalue weighted by Gasteiger charge is -2.27. The van der Waals surface area contributed by atoms with Gasteiger partial charge in [-0.15, -0.1) is 0 Å². The quantitative estimate of drug-likeness (QED) is 0.283. The van der Waals surface area contributed by atoms with Crippen LogP contribution in [0.2, 0.25) is 0 Å². The van der Waals surface area contributed by atoms with Crippen LogP contribution in [0.15, 0.2) is 0 Å². The lowest BCUT2D eigenvalue weighted by molar-refractivity contribution is 0.462. The zero-order valence-corrected chi connectivity index (χ0v) is 17.1. The van der Waals surface area contributed by atoms with E-state index < -0.39 is 7.14 Å². The summed E-state index contributed by atoms with van der Waals surface area (Å²) in [6, 6.07) is 0. The SMILES string of the molecule is CCCCC(CC)CP(=O)(CCCC)CC(CC)CCCC. The van der Waals surface area contributed by atoms with E-state index in [1.807, 2.05) is 0 Å². The van der Waals surface area contributed by atoms with Crippen molar-refractivity contribution in [2.24, 2.45) is 11.8 Å². The summed E-state index contributed by atoms with van der Waals surface area (Å²) in [5, 5.41) is 0. The molecule has 0 saturated heterocycles. The largest absolute Gasteiger partial charge is 0.324 e. The van der Waals surface area contributed by atoms with E-state index in [1.165, 1.54) is 57.8 Å². The van der Waals surface area contributed by atoms with Crippen molar-refractivity contribution in [2.45, 2.75) is 98.8 Å². The second kappa shape index (κ2) is 13.6. The Morgan fingerprint density at radius 1 is 0.682 bits per heavy atom. The van der Waals surface area contributed by atoms with Gasteiger partial charge in [-0.2, -0.15) is 0 Å². The average Bonchev–Trinajstić information content (AvgIpc) is 2.53. The van der Waals surface area contributed by atoms with Gasteiger partial charge in [0.15, 0.2) is 0 Å². The third kappa shape index (κ3) is 10.1. The molecule has 2 unspecified atom stereocenters. The van der Waals surface area contributed by atoms with E-state index in [9.17, 15) is 4.57 Å². The molecule has 0 bridgehead atoms. The first-order valence-corrected chi connectivity index (χ1v) is 12.4. The first-order valence-electron chi connectivity index (χ1n) is 10.1. The normalized spacial score (nSPS) is 17.1. The van der Waals surface area contributed by atoms with Crippen molar-refractivity contribution in [2.75, 3.05) is 18.5 Å². The second-order valence-corrected chi connectivity index (χ2v) is 10.6. The van der Waals surface area contributed by atoms with Gasteiger partial charge in [0.25, 0.3) is 0 Å². The summed E-state index contributed by atoms with van der Waals surface area (Å²) in [7, 11) is -1.96. The number of hydrogen-bond donors (Lipinski definition) is 0. The summed E-state index contributed by atoms with van der Waals surface area (Å²) >= 11 is 0. The Hall–Kier alpha value is 0.230. The van der Waals surface area contributed by atoms with Gasteiger partial charge in [0.2, 0.25) is 0 Å². The highest BCUT2D eigenvalue weighted by Gasteiger charge is 2.28. The van der Waals surface area contributed by atoms with E-state index in [0.717, 1.165) is 24.9 Å². The van der Waals surface area contributed by atoms with Crippen molar-refractivity contribution in [3.8, 4) is 0 Å². The van der Waals surface area contributed by atoms with Gasteiger partial charge < -0.3 is 4.57 Å². The first kappa shape index (κ1) is 22.2. The molecule has 1 nitrogen and oxygen atoms in total. The molecule has 22 heavy (non-hydrogen) atoms. The Balaban J connectivity index is 4.75. The van der Waals surface area contributed by atoms with Crippen LogP contribution in [0.4, 0.5) is 0 Å². The van der Waals surface area contributed by atoms with Gasteiger partial charge in [0.1, 0.15) is 0 Å². The fourth-order valence-electron chi connectivity index (χ4n) is 3.48. The third-order valence-corrected chi connectivity index (χ3v) is 8.68. The number of hydrogen-bond acceptors (Lipinski definition) is 1. The standard InChI is InChI=1S/C20H43OP/c1-6-11-14-19(9-4)17-22(21,16-13-8-3)18-20(10-5)15-12-7-2/h19-20H,6-18H2,1-5H3.